The van der Waals surface area contributed by atoms with Crippen LogP contribution < -0.4 is 22.5 Å². The van der Waals surface area contributed by atoms with Gasteiger partial charge >= 0.3 is 11.4 Å². The summed E-state index contributed by atoms with van der Waals surface area (Å²) in [5.41, 5.74) is -1.93. The van der Waals surface area contributed by atoms with Crippen molar-refractivity contribution in [2.75, 3.05) is 0 Å². The van der Waals surface area contributed by atoms with Crippen LogP contribution >= 0.6 is 0 Å². The zero-order valence-corrected chi connectivity index (χ0v) is 12.2. The molecule has 0 radical (unpaired) electrons. The van der Waals surface area contributed by atoms with Crippen LogP contribution in [-0.4, -0.2) is 23.7 Å². The van der Waals surface area contributed by atoms with Crippen molar-refractivity contribution in [3.63, 3.8) is 0 Å². The first-order chi connectivity index (χ1) is 10.4. The van der Waals surface area contributed by atoms with Crippen LogP contribution in [0.25, 0.3) is 22.4 Å². The molecule has 0 saturated carbocycles. The number of H-pyrrole nitrogens is 1. The third kappa shape index (κ3) is 1.68. The molecule has 2 aliphatic rings. The number of hydrogen-bond acceptors (Lipinski definition) is 5. The molecule has 0 aliphatic carbocycles. The highest BCUT2D eigenvalue weighted by Gasteiger charge is 2.20. The number of nitrogens with zero attached hydrogens (tertiary/aromatic N) is 4. The molecule has 0 atom stereocenters. The molecule has 9 nitrogen and oxygen atoms in total. The normalized spacial score (nSPS) is 11.4. The van der Waals surface area contributed by atoms with Gasteiger partial charge in [0.2, 0.25) is 0 Å². The van der Waals surface area contributed by atoms with E-state index in [1.54, 1.807) is 6.92 Å². The Kier molecular flexibility index (Phi) is 2.87. The number of nitrogens with one attached hydrogen (secondary N) is 1. The summed E-state index contributed by atoms with van der Waals surface area (Å²) in [6.07, 6.45) is 0. The number of fused-ring (bicyclic) bond motifs is 2. The SMILES string of the molecule is CCn1c2nc(=O)n(C)c(=O)c-2cc2c(=O)n(C)c(=O)[nH]c21. The van der Waals surface area contributed by atoms with Crippen molar-refractivity contribution in [3.05, 3.63) is 47.7 Å². The number of rotatable bonds is 1. The predicted octanol–water partition coefficient (Wildman–Crippen LogP) is -1.39. The minimum atomic E-state index is -0.690. The molecule has 22 heavy (non-hydrogen) atoms. The molecular formula is C13H13N5O4. The Morgan fingerprint density at radius 2 is 1.77 bits per heavy atom. The molecule has 0 aromatic carbocycles. The smallest absolute Gasteiger partial charge is 0.311 e. The fraction of sp³-hybridized carbons (Fsp3) is 0.308. The van der Waals surface area contributed by atoms with Crippen molar-refractivity contribution in [2.24, 2.45) is 14.1 Å². The van der Waals surface area contributed by atoms with Crippen molar-refractivity contribution < 1.29 is 0 Å². The Morgan fingerprint density at radius 3 is 2.41 bits per heavy atom. The molecule has 1 aromatic heterocycles. The largest absolute Gasteiger partial charge is 0.352 e. The van der Waals surface area contributed by atoms with E-state index in [0.717, 1.165) is 9.13 Å². The van der Waals surface area contributed by atoms with E-state index in [-0.39, 0.29) is 22.4 Å². The van der Waals surface area contributed by atoms with Crippen LogP contribution in [0.2, 0.25) is 0 Å². The van der Waals surface area contributed by atoms with Gasteiger partial charge in [0, 0.05) is 20.6 Å². The summed E-state index contributed by atoms with van der Waals surface area (Å²) in [4.78, 5) is 54.5. The minimum Gasteiger partial charge on any atom is -0.311 e. The lowest BCUT2D eigenvalue weighted by atomic mass is 10.2. The summed E-state index contributed by atoms with van der Waals surface area (Å²) in [6.45, 7) is 2.09. The second kappa shape index (κ2) is 4.52. The molecule has 3 heterocycles. The highest BCUT2D eigenvalue weighted by Crippen LogP contribution is 2.19. The van der Waals surface area contributed by atoms with Gasteiger partial charge in [-0.2, -0.15) is 4.98 Å². The zero-order chi connectivity index (χ0) is 16.2. The molecule has 9 heteroatoms. The van der Waals surface area contributed by atoms with Crippen molar-refractivity contribution in [3.8, 4) is 11.4 Å². The zero-order valence-electron chi connectivity index (χ0n) is 12.2. The van der Waals surface area contributed by atoms with Gasteiger partial charge in [-0.1, -0.05) is 0 Å². The van der Waals surface area contributed by atoms with E-state index in [1.807, 2.05) is 0 Å². The van der Waals surface area contributed by atoms with Gasteiger partial charge in [0.15, 0.2) is 5.82 Å². The molecule has 1 N–H and O–H groups in total. The molecule has 0 spiro atoms. The van der Waals surface area contributed by atoms with Gasteiger partial charge in [0.1, 0.15) is 5.65 Å². The monoisotopic (exact) mass is 303 g/mol. The lowest BCUT2D eigenvalue weighted by Gasteiger charge is -2.16. The fourth-order valence-electron chi connectivity index (χ4n) is 2.45. The third-order valence-electron chi connectivity index (χ3n) is 3.72. The first-order valence-corrected chi connectivity index (χ1v) is 6.60. The third-order valence-corrected chi connectivity index (χ3v) is 3.72. The van der Waals surface area contributed by atoms with Gasteiger partial charge in [-0.05, 0) is 13.0 Å². The summed E-state index contributed by atoms with van der Waals surface area (Å²) in [7, 11) is 2.67. The average Bonchev–Trinajstić information content (AvgIpc) is 2.49. The van der Waals surface area contributed by atoms with Crippen molar-refractivity contribution in [2.45, 2.75) is 13.5 Å². The summed E-state index contributed by atoms with van der Waals surface area (Å²) in [5.74, 6) is 0.145. The molecule has 1 aromatic rings. The number of aromatic amines is 1. The fourth-order valence-corrected chi connectivity index (χ4v) is 2.45. The van der Waals surface area contributed by atoms with E-state index >= 15 is 0 Å². The molecule has 2 aliphatic heterocycles. The average molecular weight is 303 g/mol. The Balaban J connectivity index is 2.74. The molecule has 0 bridgehead atoms. The van der Waals surface area contributed by atoms with E-state index in [9.17, 15) is 19.2 Å². The van der Waals surface area contributed by atoms with E-state index < -0.39 is 22.5 Å². The molecule has 0 saturated heterocycles. The van der Waals surface area contributed by atoms with E-state index in [4.69, 9.17) is 0 Å². The Labute approximate surface area is 122 Å². The molecule has 0 unspecified atom stereocenters. The van der Waals surface area contributed by atoms with Gasteiger partial charge in [-0.25, -0.2) is 9.59 Å². The Bertz CT molecular complexity index is 1100. The van der Waals surface area contributed by atoms with Crippen LogP contribution in [0.15, 0.2) is 25.2 Å². The second-order valence-corrected chi connectivity index (χ2v) is 4.94. The topological polar surface area (TPSA) is 112 Å². The first kappa shape index (κ1) is 14.0. The maximum absolute atomic E-state index is 12.3. The summed E-state index contributed by atoms with van der Waals surface area (Å²) >= 11 is 0. The van der Waals surface area contributed by atoms with Gasteiger partial charge in [0.25, 0.3) is 11.1 Å². The maximum atomic E-state index is 12.3. The molecule has 3 rings (SSSR count). The maximum Gasteiger partial charge on any atom is 0.352 e. The standard InChI is InChI=1S/C13H13N5O4/c1-4-18-8-6(10(19)16(2)12(21)14-8)5-7-9(18)15-13(22)17(3)11(7)20/h5H,4H2,1-3H3,(H,14,21). The molecule has 114 valence electrons. The molecular weight excluding hydrogens is 290 g/mol. The highest BCUT2D eigenvalue weighted by atomic mass is 16.2. The number of aryl methyl sites for hydroxylation is 1. The van der Waals surface area contributed by atoms with Gasteiger partial charge in [-0.15, -0.1) is 0 Å². The number of aromatic nitrogens is 5. The lowest BCUT2D eigenvalue weighted by molar-refractivity contribution is 0.710. The minimum absolute atomic E-state index is 0.145. The second-order valence-electron chi connectivity index (χ2n) is 4.94. The van der Waals surface area contributed by atoms with Crippen molar-refractivity contribution in [1.82, 2.24) is 23.7 Å². The van der Waals surface area contributed by atoms with Crippen LogP contribution in [0, 0.1) is 0 Å². The predicted molar refractivity (Wildman–Crippen MR) is 79.4 cm³/mol. The summed E-state index contributed by atoms with van der Waals surface area (Å²) in [5, 5.41) is 0.189. The highest BCUT2D eigenvalue weighted by molar-refractivity contribution is 5.81. The summed E-state index contributed by atoms with van der Waals surface area (Å²) in [6, 6.07) is 1.36. The quantitative estimate of drug-likeness (QED) is 0.556. The van der Waals surface area contributed by atoms with E-state index in [1.165, 1.54) is 24.7 Å². The van der Waals surface area contributed by atoms with Crippen LogP contribution in [0.1, 0.15) is 6.92 Å². The summed E-state index contributed by atoms with van der Waals surface area (Å²) < 4.78 is 3.29. The van der Waals surface area contributed by atoms with E-state index in [2.05, 4.69) is 9.97 Å². The van der Waals surface area contributed by atoms with Gasteiger partial charge in [-0.3, -0.25) is 23.7 Å². The van der Waals surface area contributed by atoms with Crippen LogP contribution in [-0.2, 0) is 20.6 Å². The molecule has 0 fully saturated rings. The van der Waals surface area contributed by atoms with Gasteiger partial charge < -0.3 is 4.57 Å². The Morgan fingerprint density at radius 1 is 1.09 bits per heavy atom. The number of pyridine rings is 1. The van der Waals surface area contributed by atoms with Crippen molar-refractivity contribution in [1.29, 1.82) is 0 Å². The van der Waals surface area contributed by atoms with E-state index in [0.29, 0.717) is 6.54 Å². The van der Waals surface area contributed by atoms with Gasteiger partial charge in [0.05, 0.1) is 10.9 Å². The lowest BCUT2D eigenvalue weighted by Crippen LogP contribution is -2.38. The Hall–Kier alpha value is -2.97. The van der Waals surface area contributed by atoms with Crippen LogP contribution in [0.3, 0.4) is 0 Å². The molecule has 0 amide bonds. The first-order valence-electron chi connectivity index (χ1n) is 6.60. The van der Waals surface area contributed by atoms with Crippen LogP contribution in [0.4, 0.5) is 0 Å². The van der Waals surface area contributed by atoms with Crippen LogP contribution in [0.5, 0.6) is 0 Å². The number of hydrogen-bond donors (Lipinski definition) is 1. The van der Waals surface area contributed by atoms with Crippen molar-refractivity contribution >= 4 is 11.0 Å².